The van der Waals surface area contributed by atoms with E-state index in [0.29, 0.717) is 15.9 Å². The van der Waals surface area contributed by atoms with Crippen molar-refractivity contribution in [3.63, 3.8) is 0 Å². The third kappa shape index (κ3) is 4.37. The molecule has 1 amide bonds. The summed E-state index contributed by atoms with van der Waals surface area (Å²) in [7, 11) is 0. The highest BCUT2D eigenvalue weighted by Gasteiger charge is 2.19. The van der Waals surface area contributed by atoms with Gasteiger partial charge in [0, 0.05) is 24.0 Å². The molecule has 0 aliphatic heterocycles. The van der Waals surface area contributed by atoms with E-state index >= 15 is 0 Å². The van der Waals surface area contributed by atoms with Crippen molar-refractivity contribution in [1.29, 1.82) is 0 Å². The number of carbonyl (C=O) groups excluding carboxylic acids is 1. The Balaban J connectivity index is 1.52. The number of nitrogens with zero attached hydrogens (tertiary/aromatic N) is 4. The molecule has 2 aromatic carbocycles. The first-order valence-electron chi connectivity index (χ1n) is 11.7. The van der Waals surface area contributed by atoms with E-state index in [0.717, 1.165) is 31.2 Å². The fourth-order valence-electron chi connectivity index (χ4n) is 4.74. The molecule has 1 aliphatic carbocycles. The van der Waals surface area contributed by atoms with Crippen LogP contribution in [0.4, 0.5) is 0 Å². The molecule has 1 N–H and O–H groups in total. The lowest BCUT2D eigenvalue weighted by Crippen LogP contribution is -2.37. The number of halogens is 1. The lowest BCUT2D eigenvalue weighted by Gasteiger charge is -2.22. The summed E-state index contributed by atoms with van der Waals surface area (Å²) in [5.74, 6) is 0.131. The van der Waals surface area contributed by atoms with Crippen molar-refractivity contribution >= 4 is 34.2 Å². The largest absolute Gasteiger partial charge is 0.353 e. The van der Waals surface area contributed by atoms with Crippen LogP contribution in [0.15, 0.2) is 58.1 Å². The molecule has 176 valence electrons. The molecule has 0 bridgehead atoms. The van der Waals surface area contributed by atoms with Gasteiger partial charge in [0.05, 0.1) is 17.4 Å². The average molecular weight is 480 g/mol. The molecular weight excluding hydrogens is 454 g/mol. The number of para-hydroxylation sites is 1. The van der Waals surface area contributed by atoms with Gasteiger partial charge in [-0.25, -0.2) is 13.9 Å². The van der Waals surface area contributed by atoms with Gasteiger partial charge in [0.2, 0.25) is 11.7 Å². The van der Waals surface area contributed by atoms with Gasteiger partial charge < -0.3 is 5.32 Å². The Morgan fingerprint density at radius 2 is 1.85 bits per heavy atom. The average Bonchev–Trinajstić information content (AvgIpc) is 3.15. The number of aromatic nitrogens is 4. The Morgan fingerprint density at radius 1 is 1.06 bits per heavy atom. The van der Waals surface area contributed by atoms with Gasteiger partial charge >= 0.3 is 5.69 Å². The Bertz CT molecular complexity index is 1480. The standard InChI is InChI=1S/C25H26ClN5O3/c26-18-8-6-7-17(15-18)16-30-25(34)31-21-12-5-4-11-20(21)23(33)29(24(31)28-30)14-13-22(32)27-19-9-2-1-3-10-19/h4-8,11-12,15,19H,1-3,9-10,13-14,16H2,(H,27,32). The predicted octanol–water partition coefficient (Wildman–Crippen LogP) is 3.35. The second-order valence-electron chi connectivity index (χ2n) is 8.83. The van der Waals surface area contributed by atoms with E-state index < -0.39 is 0 Å². The first kappa shape index (κ1) is 22.4. The van der Waals surface area contributed by atoms with Crippen molar-refractivity contribution in [2.75, 3.05) is 0 Å². The highest BCUT2D eigenvalue weighted by Crippen LogP contribution is 2.18. The molecule has 1 fully saturated rings. The van der Waals surface area contributed by atoms with Crippen LogP contribution in [0.25, 0.3) is 16.7 Å². The van der Waals surface area contributed by atoms with Crippen molar-refractivity contribution in [2.24, 2.45) is 0 Å². The molecular formula is C25H26ClN5O3. The van der Waals surface area contributed by atoms with Gasteiger partial charge in [0.15, 0.2) is 0 Å². The van der Waals surface area contributed by atoms with E-state index in [1.54, 1.807) is 36.4 Å². The lowest BCUT2D eigenvalue weighted by molar-refractivity contribution is -0.122. The predicted molar refractivity (Wildman–Crippen MR) is 131 cm³/mol. The Morgan fingerprint density at radius 3 is 2.65 bits per heavy atom. The molecule has 8 nitrogen and oxygen atoms in total. The van der Waals surface area contributed by atoms with Crippen LogP contribution in [0.2, 0.25) is 5.02 Å². The van der Waals surface area contributed by atoms with E-state index in [1.807, 2.05) is 12.1 Å². The molecule has 2 aromatic heterocycles. The molecule has 0 radical (unpaired) electrons. The third-order valence-electron chi connectivity index (χ3n) is 6.44. The molecule has 0 unspecified atom stereocenters. The monoisotopic (exact) mass is 479 g/mol. The molecule has 34 heavy (non-hydrogen) atoms. The number of benzene rings is 2. The smallest absolute Gasteiger partial charge is 0.352 e. The van der Waals surface area contributed by atoms with Gasteiger partial charge in [-0.1, -0.05) is 55.1 Å². The van der Waals surface area contributed by atoms with Gasteiger partial charge in [-0.05, 0) is 42.7 Å². The van der Waals surface area contributed by atoms with Crippen molar-refractivity contribution in [1.82, 2.24) is 24.1 Å². The highest BCUT2D eigenvalue weighted by atomic mass is 35.5. The summed E-state index contributed by atoms with van der Waals surface area (Å²) >= 11 is 6.10. The summed E-state index contributed by atoms with van der Waals surface area (Å²) < 4.78 is 4.20. The van der Waals surface area contributed by atoms with Crippen molar-refractivity contribution in [3.05, 3.63) is 80.0 Å². The van der Waals surface area contributed by atoms with Crippen molar-refractivity contribution in [3.8, 4) is 0 Å². The fraction of sp³-hybridized carbons (Fsp3) is 0.360. The van der Waals surface area contributed by atoms with Crippen molar-refractivity contribution < 1.29 is 4.79 Å². The number of fused-ring (bicyclic) bond motifs is 3. The number of rotatable bonds is 6. The van der Waals surface area contributed by atoms with Crippen LogP contribution in [0.1, 0.15) is 44.1 Å². The van der Waals surface area contributed by atoms with Gasteiger partial charge in [-0.3, -0.25) is 14.2 Å². The molecule has 0 atom stereocenters. The van der Waals surface area contributed by atoms with Crippen LogP contribution in [-0.4, -0.2) is 30.7 Å². The van der Waals surface area contributed by atoms with Gasteiger partial charge in [0.1, 0.15) is 0 Å². The molecule has 4 aromatic rings. The maximum absolute atomic E-state index is 13.3. The first-order chi connectivity index (χ1) is 16.5. The summed E-state index contributed by atoms with van der Waals surface area (Å²) in [5, 5.41) is 8.56. The van der Waals surface area contributed by atoms with Crippen LogP contribution in [-0.2, 0) is 17.9 Å². The minimum Gasteiger partial charge on any atom is -0.353 e. The summed E-state index contributed by atoms with van der Waals surface area (Å²) in [4.78, 5) is 39.3. The molecule has 0 spiro atoms. The molecule has 5 rings (SSSR count). The van der Waals surface area contributed by atoms with Crippen molar-refractivity contribution in [2.45, 2.75) is 57.7 Å². The van der Waals surface area contributed by atoms with E-state index in [-0.39, 0.29) is 48.5 Å². The van der Waals surface area contributed by atoms with E-state index in [2.05, 4.69) is 10.4 Å². The summed E-state index contributed by atoms with van der Waals surface area (Å²) in [6.45, 7) is 0.352. The summed E-state index contributed by atoms with van der Waals surface area (Å²) in [6, 6.07) is 14.4. The number of hydrogen-bond acceptors (Lipinski definition) is 4. The topological polar surface area (TPSA) is 90.4 Å². The number of nitrogens with one attached hydrogen (secondary N) is 1. The highest BCUT2D eigenvalue weighted by molar-refractivity contribution is 6.30. The molecule has 0 saturated heterocycles. The van der Waals surface area contributed by atoms with Crippen LogP contribution >= 0.6 is 11.6 Å². The Labute approximate surface area is 200 Å². The minimum atomic E-state index is -0.355. The normalized spacial score (nSPS) is 14.6. The number of hydrogen-bond donors (Lipinski definition) is 1. The van der Waals surface area contributed by atoms with E-state index in [9.17, 15) is 14.4 Å². The van der Waals surface area contributed by atoms with E-state index in [4.69, 9.17) is 11.6 Å². The maximum Gasteiger partial charge on any atom is 0.352 e. The van der Waals surface area contributed by atoms with Crippen LogP contribution in [0.5, 0.6) is 0 Å². The second-order valence-corrected chi connectivity index (χ2v) is 9.27. The quantitative estimate of drug-likeness (QED) is 0.459. The second kappa shape index (κ2) is 9.46. The SMILES string of the molecule is O=C(CCn1c(=O)c2ccccc2n2c(=O)n(Cc3cccc(Cl)c3)nc12)NC1CCCCC1. The van der Waals surface area contributed by atoms with Crippen LogP contribution < -0.4 is 16.6 Å². The number of carbonyl (C=O) groups is 1. The molecule has 1 aliphatic rings. The van der Waals surface area contributed by atoms with E-state index in [1.165, 1.54) is 20.1 Å². The first-order valence-corrected chi connectivity index (χ1v) is 12.0. The van der Waals surface area contributed by atoms with Crippen LogP contribution in [0.3, 0.4) is 0 Å². The van der Waals surface area contributed by atoms with Gasteiger partial charge in [0.25, 0.3) is 5.56 Å². The third-order valence-corrected chi connectivity index (χ3v) is 6.67. The Kier molecular flexibility index (Phi) is 6.24. The zero-order chi connectivity index (χ0) is 23.7. The number of aryl methyl sites for hydroxylation is 1. The van der Waals surface area contributed by atoms with Gasteiger partial charge in [-0.15, -0.1) is 5.10 Å². The summed E-state index contributed by atoms with van der Waals surface area (Å²) in [6.07, 6.45) is 5.60. The zero-order valence-electron chi connectivity index (χ0n) is 18.7. The zero-order valence-corrected chi connectivity index (χ0v) is 19.5. The fourth-order valence-corrected chi connectivity index (χ4v) is 4.95. The van der Waals surface area contributed by atoms with Gasteiger partial charge in [-0.2, -0.15) is 0 Å². The molecule has 9 heteroatoms. The maximum atomic E-state index is 13.3. The van der Waals surface area contributed by atoms with Crippen LogP contribution in [0, 0.1) is 0 Å². The lowest BCUT2D eigenvalue weighted by atomic mass is 9.95. The number of amides is 1. The molecule has 2 heterocycles. The summed E-state index contributed by atoms with van der Waals surface area (Å²) in [5.41, 5.74) is 0.691. The molecule has 1 saturated carbocycles. The minimum absolute atomic E-state index is 0.0918. The Hall–Kier alpha value is -3.39.